The zero-order valence-corrected chi connectivity index (χ0v) is 24.3. The molecule has 0 spiro atoms. The molecule has 0 aromatic heterocycles. The van der Waals surface area contributed by atoms with Crippen molar-refractivity contribution >= 4 is 47.6 Å². The van der Waals surface area contributed by atoms with Gasteiger partial charge in [0.05, 0.1) is 26.2 Å². The molecule has 0 radical (unpaired) electrons. The van der Waals surface area contributed by atoms with E-state index in [1.807, 2.05) is 0 Å². The summed E-state index contributed by atoms with van der Waals surface area (Å²) in [6.45, 7) is -2.49. The Kier molecular flexibility index (Phi) is 20.1. The Morgan fingerprint density at radius 1 is 0.455 bits per heavy atom. The Morgan fingerprint density at radius 2 is 0.750 bits per heavy atom. The summed E-state index contributed by atoms with van der Waals surface area (Å²) in [6.07, 6.45) is 2.49. The summed E-state index contributed by atoms with van der Waals surface area (Å²) < 4.78 is 0. The van der Waals surface area contributed by atoms with E-state index in [1.54, 1.807) is 0 Å². The van der Waals surface area contributed by atoms with Crippen LogP contribution in [0.2, 0.25) is 0 Å². The van der Waals surface area contributed by atoms with E-state index >= 15 is 0 Å². The van der Waals surface area contributed by atoms with Crippen molar-refractivity contribution in [3.63, 3.8) is 0 Å². The van der Waals surface area contributed by atoms with Crippen LogP contribution < -0.4 is 10.6 Å². The number of amides is 2. The largest absolute Gasteiger partial charge is 0.480 e. The fourth-order valence-corrected chi connectivity index (χ4v) is 4.30. The van der Waals surface area contributed by atoms with Gasteiger partial charge in [-0.2, -0.15) is 0 Å². The van der Waals surface area contributed by atoms with Crippen molar-refractivity contribution in [1.29, 1.82) is 0 Å². The van der Waals surface area contributed by atoms with Crippen LogP contribution in [0, 0.1) is 0 Å². The average molecular weight is 635 g/mol. The molecule has 250 valence electrons. The number of carbonyl (C=O) groups is 8. The van der Waals surface area contributed by atoms with Crippen molar-refractivity contribution in [1.82, 2.24) is 20.4 Å². The number of nitrogens with one attached hydrogen (secondary N) is 2. The molecule has 0 aromatic rings. The molecule has 2 unspecified atom stereocenters. The smallest absolute Gasteiger partial charge is 0.320 e. The number of aliphatic carboxylic acids is 6. The Hall–Kier alpha value is -4.32. The van der Waals surface area contributed by atoms with E-state index in [4.69, 9.17) is 20.4 Å². The van der Waals surface area contributed by atoms with Gasteiger partial charge >= 0.3 is 35.8 Å². The molecule has 0 bridgehead atoms. The van der Waals surface area contributed by atoms with Crippen molar-refractivity contribution in [2.45, 2.75) is 76.3 Å². The van der Waals surface area contributed by atoms with Crippen LogP contribution in [0.4, 0.5) is 0 Å². The van der Waals surface area contributed by atoms with Gasteiger partial charge in [0.1, 0.15) is 12.1 Å². The van der Waals surface area contributed by atoms with Crippen LogP contribution in [-0.2, 0) is 38.4 Å². The number of carboxylic acids is 6. The van der Waals surface area contributed by atoms with E-state index in [-0.39, 0.29) is 50.6 Å². The molecule has 0 saturated heterocycles. The Labute approximate surface area is 253 Å². The maximum Gasteiger partial charge on any atom is 0.320 e. The van der Waals surface area contributed by atoms with Crippen molar-refractivity contribution in [2.75, 3.05) is 39.3 Å². The maximum absolute atomic E-state index is 12.0. The van der Waals surface area contributed by atoms with E-state index in [9.17, 15) is 48.6 Å². The van der Waals surface area contributed by atoms with Crippen LogP contribution in [0.3, 0.4) is 0 Å². The van der Waals surface area contributed by atoms with E-state index in [1.165, 1.54) is 0 Å². The number of hydrogen-bond acceptors (Lipinski definition) is 10. The number of unbranched alkanes of at least 4 members (excludes halogenated alkanes) is 3. The van der Waals surface area contributed by atoms with Crippen molar-refractivity contribution in [3.05, 3.63) is 0 Å². The fourth-order valence-electron chi connectivity index (χ4n) is 4.30. The number of rotatable bonds is 27. The second-order valence-corrected chi connectivity index (χ2v) is 9.99. The second kappa shape index (κ2) is 22.3. The van der Waals surface area contributed by atoms with Gasteiger partial charge in [-0.05, 0) is 51.4 Å². The molecule has 2 atom stereocenters. The number of carbonyl (C=O) groups excluding carboxylic acids is 2. The molecule has 0 fully saturated rings. The summed E-state index contributed by atoms with van der Waals surface area (Å²) in [5.74, 6) is -8.65. The average Bonchev–Trinajstić information content (AvgIpc) is 2.88. The molecule has 0 heterocycles. The molecule has 0 aromatic carbocycles. The van der Waals surface area contributed by atoms with Crippen LogP contribution in [0.1, 0.15) is 64.2 Å². The van der Waals surface area contributed by atoms with Crippen LogP contribution in [0.15, 0.2) is 0 Å². The normalized spacial score (nSPS) is 12.3. The monoisotopic (exact) mass is 634 g/mol. The van der Waals surface area contributed by atoms with Gasteiger partial charge in [0.2, 0.25) is 11.8 Å². The second-order valence-electron chi connectivity index (χ2n) is 9.99. The molecule has 0 saturated carbocycles. The molecule has 0 aliphatic carbocycles. The standard InChI is InChI=1S/C26H42N4O14/c31-19(27-11-5-3-7-17(25(41)42)29(13-21(33)34)14-22(35)36)9-1-2-10-20(32)28-12-6-4-8-18(26(43)44)30(15-23(37)38)16-24(39)40/h17-18H,1-16H2,(H,27,31)(H,28,32)(H,33,34)(H,35,36)(H,37,38)(H,39,40)(H,41,42)(H,43,44). The quantitative estimate of drug-likeness (QED) is 0.0501. The van der Waals surface area contributed by atoms with Crippen LogP contribution in [0.5, 0.6) is 0 Å². The van der Waals surface area contributed by atoms with Gasteiger partial charge in [0.25, 0.3) is 0 Å². The molecule has 8 N–H and O–H groups in total. The third kappa shape index (κ3) is 19.7. The van der Waals surface area contributed by atoms with Crippen LogP contribution in [0.25, 0.3) is 0 Å². The predicted octanol–water partition coefficient (Wildman–Crippen LogP) is -1.03. The number of nitrogens with zero attached hydrogens (tertiary/aromatic N) is 2. The zero-order valence-electron chi connectivity index (χ0n) is 24.3. The summed E-state index contributed by atoms with van der Waals surface area (Å²) >= 11 is 0. The summed E-state index contributed by atoms with van der Waals surface area (Å²) in [5, 5.41) is 59.7. The highest BCUT2D eigenvalue weighted by molar-refractivity contribution is 5.79. The van der Waals surface area contributed by atoms with E-state index < -0.39 is 74.1 Å². The van der Waals surface area contributed by atoms with Gasteiger partial charge in [-0.1, -0.05) is 0 Å². The lowest BCUT2D eigenvalue weighted by Gasteiger charge is -2.25. The van der Waals surface area contributed by atoms with E-state index in [0.717, 1.165) is 9.80 Å². The minimum atomic E-state index is -1.35. The molecule has 2 amide bonds. The predicted molar refractivity (Wildman–Crippen MR) is 149 cm³/mol. The lowest BCUT2D eigenvalue weighted by atomic mass is 10.1. The fraction of sp³-hybridized carbons (Fsp3) is 0.692. The minimum Gasteiger partial charge on any atom is -0.480 e. The summed E-state index contributed by atoms with van der Waals surface area (Å²) in [7, 11) is 0. The lowest BCUT2D eigenvalue weighted by Crippen LogP contribution is -2.46. The third-order valence-corrected chi connectivity index (χ3v) is 6.32. The first-order chi connectivity index (χ1) is 20.6. The Bertz CT molecular complexity index is 895. The summed E-state index contributed by atoms with van der Waals surface area (Å²) in [6, 6.07) is -2.60. The van der Waals surface area contributed by atoms with E-state index in [2.05, 4.69) is 10.6 Å². The third-order valence-electron chi connectivity index (χ3n) is 6.32. The number of hydrogen-bond donors (Lipinski definition) is 8. The molecular weight excluding hydrogens is 592 g/mol. The van der Waals surface area contributed by atoms with Crippen molar-refractivity contribution in [3.8, 4) is 0 Å². The topological polar surface area (TPSA) is 288 Å². The molecule has 18 heteroatoms. The van der Waals surface area contributed by atoms with Crippen LogP contribution in [-0.4, -0.2) is 139 Å². The van der Waals surface area contributed by atoms with E-state index in [0.29, 0.717) is 38.5 Å². The molecule has 18 nitrogen and oxygen atoms in total. The van der Waals surface area contributed by atoms with Gasteiger partial charge in [-0.15, -0.1) is 0 Å². The summed E-state index contributed by atoms with van der Waals surface area (Å²) in [4.78, 5) is 92.5. The van der Waals surface area contributed by atoms with Gasteiger partial charge in [-0.3, -0.25) is 48.2 Å². The van der Waals surface area contributed by atoms with Gasteiger partial charge < -0.3 is 41.3 Å². The van der Waals surface area contributed by atoms with Gasteiger partial charge in [0.15, 0.2) is 0 Å². The van der Waals surface area contributed by atoms with Crippen LogP contribution >= 0.6 is 0 Å². The Balaban J connectivity index is 4.21. The SMILES string of the molecule is O=C(O)CN(CC(=O)O)C(CCCCNC(=O)CCCCC(=O)NCCCCC(C(=O)O)N(CC(=O)O)CC(=O)O)C(=O)O. The molecular formula is C26H42N4O14. The highest BCUT2D eigenvalue weighted by atomic mass is 16.4. The highest BCUT2D eigenvalue weighted by Gasteiger charge is 2.29. The molecule has 44 heavy (non-hydrogen) atoms. The first-order valence-corrected chi connectivity index (χ1v) is 14.0. The molecule has 0 aliphatic rings. The van der Waals surface area contributed by atoms with Crippen molar-refractivity contribution in [2.24, 2.45) is 0 Å². The molecule has 0 aliphatic heterocycles. The van der Waals surface area contributed by atoms with Crippen molar-refractivity contribution < 1.29 is 69.0 Å². The summed E-state index contributed by atoms with van der Waals surface area (Å²) in [5.41, 5.74) is 0. The van der Waals surface area contributed by atoms with Gasteiger partial charge in [0, 0.05) is 25.9 Å². The maximum atomic E-state index is 12.0. The first-order valence-electron chi connectivity index (χ1n) is 14.0. The highest BCUT2D eigenvalue weighted by Crippen LogP contribution is 2.11. The first kappa shape index (κ1) is 39.7. The Morgan fingerprint density at radius 3 is 1.00 bits per heavy atom. The zero-order chi connectivity index (χ0) is 33.7. The van der Waals surface area contributed by atoms with Gasteiger partial charge in [-0.25, -0.2) is 0 Å². The molecule has 0 rings (SSSR count). The lowest BCUT2D eigenvalue weighted by molar-refractivity contribution is -0.152. The number of carboxylic acid groups (broad SMARTS) is 6. The minimum absolute atomic E-state index is 0.00505.